The number of carbonyl (C=O) groups excluding carboxylic acids is 1. The molecule has 1 heterocycles. The minimum atomic E-state index is -0.482. The van der Waals surface area contributed by atoms with Crippen molar-refractivity contribution in [2.45, 2.75) is 6.54 Å². The highest BCUT2D eigenvalue weighted by atomic mass is 16.6. The van der Waals surface area contributed by atoms with Crippen LogP contribution in [0.3, 0.4) is 0 Å². The monoisotopic (exact) mass is 324 g/mol. The predicted molar refractivity (Wildman–Crippen MR) is 84.0 cm³/mol. The van der Waals surface area contributed by atoms with Crippen molar-refractivity contribution in [3.8, 4) is 11.4 Å². The highest BCUT2D eigenvalue weighted by Gasteiger charge is 2.12. The summed E-state index contributed by atoms with van der Waals surface area (Å²) in [6, 6.07) is 14.6. The van der Waals surface area contributed by atoms with Crippen molar-refractivity contribution in [3.05, 3.63) is 76.2 Å². The summed E-state index contributed by atoms with van der Waals surface area (Å²) in [7, 11) is 0. The maximum absolute atomic E-state index is 11.9. The van der Waals surface area contributed by atoms with Gasteiger partial charge in [-0.1, -0.05) is 23.4 Å². The molecule has 1 amide bonds. The highest BCUT2D eigenvalue weighted by Crippen LogP contribution is 2.19. The number of benzene rings is 2. The number of nitrogens with one attached hydrogen (secondary N) is 1. The normalized spacial score (nSPS) is 10.3. The molecule has 0 atom stereocenters. The molecule has 0 saturated carbocycles. The molecular formula is C16H12N4O4. The first-order chi connectivity index (χ1) is 11.6. The van der Waals surface area contributed by atoms with Crippen molar-refractivity contribution in [1.82, 2.24) is 15.5 Å². The first-order valence-electron chi connectivity index (χ1n) is 7.04. The molecule has 0 saturated heterocycles. The average molecular weight is 324 g/mol. The topological polar surface area (TPSA) is 111 Å². The van der Waals surface area contributed by atoms with E-state index >= 15 is 0 Å². The van der Waals surface area contributed by atoms with Gasteiger partial charge in [0.05, 0.1) is 11.5 Å². The van der Waals surface area contributed by atoms with Gasteiger partial charge >= 0.3 is 0 Å². The molecule has 0 radical (unpaired) electrons. The molecule has 0 aliphatic heterocycles. The fourth-order valence-corrected chi connectivity index (χ4v) is 2.02. The van der Waals surface area contributed by atoms with Crippen molar-refractivity contribution >= 4 is 11.6 Å². The lowest BCUT2D eigenvalue weighted by Crippen LogP contribution is -2.22. The Hall–Kier alpha value is -3.55. The second-order valence-corrected chi connectivity index (χ2v) is 4.86. The molecule has 0 aliphatic rings. The molecule has 120 valence electrons. The first kappa shape index (κ1) is 15.3. The summed E-state index contributed by atoms with van der Waals surface area (Å²) in [5.74, 6) is 0.298. The van der Waals surface area contributed by atoms with E-state index in [1.54, 1.807) is 24.3 Å². The molecule has 24 heavy (non-hydrogen) atoms. The van der Waals surface area contributed by atoms with Crippen LogP contribution < -0.4 is 5.32 Å². The summed E-state index contributed by atoms with van der Waals surface area (Å²) in [6.07, 6.45) is 0. The van der Waals surface area contributed by atoms with E-state index in [-0.39, 0.29) is 24.0 Å². The van der Waals surface area contributed by atoms with Gasteiger partial charge < -0.3 is 9.84 Å². The number of nitro groups is 1. The Labute approximate surface area is 136 Å². The third-order valence-corrected chi connectivity index (χ3v) is 3.24. The second kappa shape index (κ2) is 6.69. The van der Waals surface area contributed by atoms with Gasteiger partial charge in [0.25, 0.3) is 11.6 Å². The second-order valence-electron chi connectivity index (χ2n) is 4.86. The minimum absolute atomic E-state index is 0.0161. The Kier molecular flexibility index (Phi) is 4.28. The smallest absolute Gasteiger partial charge is 0.269 e. The number of nitro benzene ring substituents is 1. The van der Waals surface area contributed by atoms with E-state index in [1.165, 1.54) is 24.3 Å². The van der Waals surface area contributed by atoms with E-state index in [4.69, 9.17) is 4.52 Å². The SMILES string of the molecule is O=C(NCc1nc(-c2ccc([N+](=O)[O-])cc2)no1)c1ccccc1. The molecule has 1 N–H and O–H groups in total. The molecule has 0 unspecified atom stereocenters. The molecule has 0 spiro atoms. The fraction of sp³-hybridized carbons (Fsp3) is 0.0625. The summed E-state index contributed by atoms with van der Waals surface area (Å²) in [6.45, 7) is 0.0910. The zero-order valence-electron chi connectivity index (χ0n) is 12.4. The zero-order valence-corrected chi connectivity index (χ0v) is 12.4. The number of rotatable bonds is 5. The number of aromatic nitrogens is 2. The number of carbonyl (C=O) groups is 1. The van der Waals surface area contributed by atoms with E-state index in [9.17, 15) is 14.9 Å². The Morgan fingerprint density at radius 3 is 2.50 bits per heavy atom. The van der Waals surface area contributed by atoms with Gasteiger partial charge in [0.15, 0.2) is 0 Å². The number of nitrogens with zero attached hydrogens (tertiary/aromatic N) is 3. The van der Waals surface area contributed by atoms with E-state index in [0.29, 0.717) is 17.0 Å². The average Bonchev–Trinajstić information content (AvgIpc) is 3.09. The van der Waals surface area contributed by atoms with Crippen LogP contribution in [0.15, 0.2) is 59.1 Å². The van der Waals surface area contributed by atoms with Gasteiger partial charge in [-0.25, -0.2) is 0 Å². The maximum atomic E-state index is 11.9. The van der Waals surface area contributed by atoms with Crippen molar-refractivity contribution in [3.63, 3.8) is 0 Å². The van der Waals surface area contributed by atoms with Gasteiger partial charge in [-0.05, 0) is 24.3 Å². The molecule has 0 fully saturated rings. The molecular weight excluding hydrogens is 312 g/mol. The third kappa shape index (κ3) is 3.43. The summed E-state index contributed by atoms with van der Waals surface area (Å²) in [5, 5.41) is 17.1. The van der Waals surface area contributed by atoms with Crippen LogP contribution in [-0.2, 0) is 6.54 Å². The summed E-state index contributed by atoms with van der Waals surface area (Å²) >= 11 is 0. The predicted octanol–water partition coefficient (Wildman–Crippen LogP) is 2.57. The van der Waals surface area contributed by atoms with Crippen LogP contribution in [0, 0.1) is 10.1 Å². The molecule has 0 bridgehead atoms. The highest BCUT2D eigenvalue weighted by molar-refractivity contribution is 5.93. The Morgan fingerprint density at radius 1 is 1.12 bits per heavy atom. The van der Waals surface area contributed by atoms with Gasteiger partial charge in [0.2, 0.25) is 11.7 Å². The van der Waals surface area contributed by atoms with E-state index < -0.39 is 4.92 Å². The molecule has 3 rings (SSSR count). The third-order valence-electron chi connectivity index (χ3n) is 3.24. The van der Waals surface area contributed by atoms with Gasteiger partial charge in [0, 0.05) is 23.3 Å². The lowest BCUT2D eigenvalue weighted by Gasteiger charge is -2.01. The van der Waals surface area contributed by atoms with E-state index in [0.717, 1.165) is 0 Å². The Morgan fingerprint density at radius 2 is 1.83 bits per heavy atom. The van der Waals surface area contributed by atoms with E-state index in [2.05, 4.69) is 15.5 Å². The molecule has 8 heteroatoms. The largest absolute Gasteiger partial charge is 0.343 e. The summed E-state index contributed by atoms with van der Waals surface area (Å²) in [4.78, 5) is 26.2. The van der Waals surface area contributed by atoms with Gasteiger partial charge in [-0.15, -0.1) is 0 Å². The molecule has 3 aromatic rings. The molecule has 1 aromatic heterocycles. The van der Waals surface area contributed by atoms with Gasteiger partial charge in [-0.2, -0.15) is 4.98 Å². The van der Waals surface area contributed by atoms with Crippen LogP contribution in [0.25, 0.3) is 11.4 Å². The van der Waals surface area contributed by atoms with E-state index in [1.807, 2.05) is 6.07 Å². The first-order valence-corrected chi connectivity index (χ1v) is 7.04. The van der Waals surface area contributed by atoms with Crippen molar-refractivity contribution < 1.29 is 14.2 Å². The van der Waals surface area contributed by atoms with Crippen LogP contribution in [-0.4, -0.2) is 21.0 Å². The zero-order chi connectivity index (χ0) is 16.9. The van der Waals surface area contributed by atoms with Gasteiger partial charge in [0.1, 0.15) is 0 Å². The summed E-state index contributed by atoms with van der Waals surface area (Å²) in [5.41, 5.74) is 1.11. The molecule has 0 aliphatic carbocycles. The Balaban J connectivity index is 1.65. The lowest BCUT2D eigenvalue weighted by atomic mass is 10.2. The quantitative estimate of drug-likeness (QED) is 0.570. The number of amides is 1. The fourth-order valence-electron chi connectivity index (χ4n) is 2.02. The van der Waals surface area contributed by atoms with Crippen LogP contribution in [0.1, 0.15) is 16.2 Å². The number of hydrogen-bond acceptors (Lipinski definition) is 6. The molecule has 8 nitrogen and oxygen atoms in total. The van der Waals surface area contributed by atoms with Crippen LogP contribution in [0.2, 0.25) is 0 Å². The van der Waals surface area contributed by atoms with Crippen LogP contribution in [0.4, 0.5) is 5.69 Å². The van der Waals surface area contributed by atoms with Crippen LogP contribution >= 0.6 is 0 Å². The van der Waals surface area contributed by atoms with Crippen molar-refractivity contribution in [1.29, 1.82) is 0 Å². The number of non-ortho nitro benzene ring substituents is 1. The number of hydrogen-bond donors (Lipinski definition) is 1. The summed E-state index contributed by atoms with van der Waals surface area (Å²) < 4.78 is 5.07. The van der Waals surface area contributed by atoms with Crippen LogP contribution in [0.5, 0.6) is 0 Å². The van der Waals surface area contributed by atoms with Crippen molar-refractivity contribution in [2.75, 3.05) is 0 Å². The van der Waals surface area contributed by atoms with Crippen molar-refractivity contribution in [2.24, 2.45) is 0 Å². The molecule has 2 aromatic carbocycles. The lowest BCUT2D eigenvalue weighted by molar-refractivity contribution is -0.384. The maximum Gasteiger partial charge on any atom is 0.269 e. The standard InChI is InChI=1S/C16H12N4O4/c21-16(12-4-2-1-3-5-12)17-10-14-18-15(19-24-14)11-6-8-13(9-7-11)20(22)23/h1-9H,10H2,(H,17,21). The Bertz CT molecular complexity index is 859. The van der Waals surface area contributed by atoms with Gasteiger partial charge in [-0.3, -0.25) is 14.9 Å². The minimum Gasteiger partial charge on any atom is -0.343 e.